The number of halogens is 2. The monoisotopic (exact) mass is 326 g/mol. The van der Waals surface area contributed by atoms with E-state index in [4.69, 9.17) is 11.5 Å². The Kier molecular flexibility index (Phi) is 4.89. The smallest absolute Gasteiger partial charge is 0.0843 e. The average Bonchev–Trinajstić information content (AvgIpc) is 2.43. The van der Waals surface area contributed by atoms with E-state index in [1.54, 1.807) is 11.3 Å². The Hall–Kier alpha value is 0.580. The molecule has 0 fully saturated rings. The molecule has 0 bridgehead atoms. The summed E-state index contributed by atoms with van der Waals surface area (Å²) in [5.74, 6) is 0. The highest BCUT2D eigenvalue weighted by Crippen LogP contribution is 2.35. The van der Waals surface area contributed by atoms with Crippen LogP contribution < -0.4 is 11.5 Å². The van der Waals surface area contributed by atoms with Crippen molar-refractivity contribution in [2.45, 2.75) is 18.9 Å². The van der Waals surface area contributed by atoms with Crippen molar-refractivity contribution in [3.05, 3.63) is 19.2 Å². The number of rotatable bonds is 4. The molecule has 0 spiro atoms. The number of hydrogen-bond acceptors (Lipinski definition) is 3. The summed E-state index contributed by atoms with van der Waals surface area (Å²) in [6.07, 6.45) is 1.93. The minimum absolute atomic E-state index is 0.121. The zero-order chi connectivity index (χ0) is 9.84. The molecule has 1 aromatic heterocycles. The largest absolute Gasteiger partial charge is 0.330 e. The van der Waals surface area contributed by atoms with Crippen LogP contribution in [0.1, 0.15) is 23.8 Å². The van der Waals surface area contributed by atoms with Gasteiger partial charge in [-0.1, -0.05) is 0 Å². The van der Waals surface area contributed by atoms with Gasteiger partial charge < -0.3 is 11.5 Å². The molecule has 0 aliphatic heterocycles. The highest BCUT2D eigenvalue weighted by atomic mass is 79.9. The lowest BCUT2D eigenvalue weighted by Crippen LogP contribution is -2.10. The summed E-state index contributed by atoms with van der Waals surface area (Å²) in [6.45, 7) is 0.710. The van der Waals surface area contributed by atoms with Gasteiger partial charge in [0.05, 0.1) is 3.79 Å². The van der Waals surface area contributed by atoms with Gasteiger partial charge in [0.2, 0.25) is 0 Å². The standard InChI is InChI=1S/C8H12Br2N2S/c9-5-4-7(13-8(5)10)6(12)2-1-3-11/h4,6H,1-3,11-12H2/t6-/m1/s1. The van der Waals surface area contributed by atoms with Gasteiger partial charge in [-0.2, -0.15) is 0 Å². The Morgan fingerprint density at radius 2 is 2.15 bits per heavy atom. The van der Waals surface area contributed by atoms with E-state index in [9.17, 15) is 0 Å². The lowest BCUT2D eigenvalue weighted by Gasteiger charge is -2.07. The van der Waals surface area contributed by atoms with Crippen LogP contribution in [-0.4, -0.2) is 6.54 Å². The van der Waals surface area contributed by atoms with Crippen LogP contribution in [0.3, 0.4) is 0 Å². The third kappa shape index (κ3) is 3.32. The molecule has 5 heteroatoms. The molecule has 2 nitrogen and oxygen atoms in total. The molecule has 0 unspecified atom stereocenters. The third-order valence-corrected chi connectivity index (χ3v) is 5.14. The summed E-state index contributed by atoms with van der Waals surface area (Å²) >= 11 is 8.56. The summed E-state index contributed by atoms with van der Waals surface area (Å²) < 4.78 is 2.18. The van der Waals surface area contributed by atoms with Gasteiger partial charge in [-0.25, -0.2) is 0 Å². The Balaban J connectivity index is 2.60. The van der Waals surface area contributed by atoms with Crippen LogP contribution in [0.5, 0.6) is 0 Å². The molecule has 0 aliphatic carbocycles. The highest BCUT2D eigenvalue weighted by Gasteiger charge is 2.10. The van der Waals surface area contributed by atoms with E-state index < -0.39 is 0 Å². The van der Waals surface area contributed by atoms with Gasteiger partial charge in [-0.15, -0.1) is 11.3 Å². The van der Waals surface area contributed by atoms with Gasteiger partial charge in [-0.3, -0.25) is 0 Å². The fourth-order valence-corrected chi connectivity index (χ4v) is 3.15. The van der Waals surface area contributed by atoms with E-state index in [-0.39, 0.29) is 6.04 Å². The highest BCUT2D eigenvalue weighted by molar-refractivity contribution is 9.13. The van der Waals surface area contributed by atoms with Crippen LogP contribution in [-0.2, 0) is 0 Å². The van der Waals surface area contributed by atoms with Crippen LogP contribution in [0.15, 0.2) is 14.3 Å². The number of thiophene rings is 1. The van der Waals surface area contributed by atoms with Crippen LogP contribution >= 0.6 is 43.2 Å². The van der Waals surface area contributed by atoms with E-state index in [2.05, 4.69) is 37.9 Å². The summed E-state index contributed by atoms with van der Waals surface area (Å²) in [7, 11) is 0. The Morgan fingerprint density at radius 3 is 2.62 bits per heavy atom. The lowest BCUT2D eigenvalue weighted by molar-refractivity contribution is 0.626. The van der Waals surface area contributed by atoms with Gasteiger partial charge in [0.1, 0.15) is 0 Å². The predicted molar refractivity (Wildman–Crippen MR) is 64.9 cm³/mol. The maximum atomic E-state index is 5.98. The van der Waals surface area contributed by atoms with Gasteiger partial charge in [0.25, 0.3) is 0 Å². The van der Waals surface area contributed by atoms with Crippen molar-refractivity contribution in [1.29, 1.82) is 0 Å². The minimum atomic E-state index is 0.121. The molecule has 0 saturated carbocycles. The van der Waals surface area contributed by atoms with E-state index in [0.717, 1.165) is 21.1 Å². The SMILES string of the molecule is NCCC[C@@H](N)c1cc(Br)c(Br)s1. The minimum Gasteiger partial charge on any atom is -0.330 e. The Labute approximate surface area is 98.9 Å². The first kappa shape index (κ1) is 11.7. The first-order chi connectivity index (χ1) is 6.15. The molecule has 4 N–H and O–H groups in total. The second-order valence-electron chi connectivity index (χ2n) is 2.81. The fourth-order valence-electron chi connectivity index (χ4n) is 1.03. The van der Waals surface area contributed by atoms with Crippen molar-refractivity contribution in [2.75, 3.05) is 6.54 Å². The molecule has 0 saturated heterocycles. The molecule has 0 aliphatic rings. The van der Waals surface area contributed by atoms with E-state index in [1.807, 2.05) is 0 Å². The quantitative estimate of drug-likeness (QED) is 0.893. The van der Waals surface area contributed by atoms with Gasteiger partial charge >= 0.3 is 0 Å². The average molecular weight is 328 g/mol. The summed E-state index contributed by atoms with van der Waals surface area (Å²) in [5, 5.41) is 0. The second-order valence-corrected chi connectivity index (χ2v) is 6.06. The summed E-state index contributed by atoms with van der Waals surface area (Å²) in [4.78, 5) is 1.20. The number of nitrogens with two attached hydrogens (primary N) is 2. The Morgan fingerprint density at radius 1 is 1.46 bits per heavy atom. The molecule has 0 amide bonds. The molecule has 1 rings (SSSR count). The number of hydrogen-bond donors (Lipinski definition) is 2. The predicted octanol–water partition coefficient (Wildman–Crippen LogP) is 3.01. The molecule has 0 radical (unpaired) electrons. The van der Waals surface area contributed by atoms with Crippen LogP contribution in [0, 0.1) is 0 Å². The maximum absolute atomic E-state index is 5.98. The molecule has 13 heavy (non-hydrogen) atoms. The second kappa shape index (κ2) is 5.46. The topological polar surface area (TPSA) is 52.0 Å². The molecule has 1 atom stereocenters. The van der Waals surface area contributed by atoms with Crippen LogP contribution in [0.25, 0.3) is 0 Å². The third-order valence-electron chi connectivity index (χ3n) is 1.75. The zero-order valence-electron chi connectivity index (χ0n) is 7.09. The van der Waals surface area contributed by atoms with Crippen molar-refractivity contribution in [1.82, 2.24) is 0 Å². The molecular weight excluding hydrogens is 316 g/mol. The molecule has 0 aromatic carbocycles. The molecule has 1 aromatic rings. The molecule has 74 valence electrons. The van der Waals surface area contributed by atoms with Gasteiger partial charge in [0.15, 0.2) is 0 Å². The fraction of sp³-hybridized carbons (Fsp3) is 0.500. The lowest BCUT2D eigenvalue weighted by atomic mass is 10.1. The van der Waals surface area contributed by atoms with Crippen LogP contribution in [0.4, 0.5) is 0 Å². The van der Waals surface area contributed by atoms with E-state index in [0.29, 0.717) is 6.54 Å². The molecule has 1 heterocycles. The van der Waals surface area contributed by atoms with Crippen LogP contribution in [0.2, 0.25) is 0 Å². The first-order valence-corrected chi connectivity index (χ1v) is 6.45. The van der Waals surface area contributed by atoms with Gasteiger partial charge in [-0.05, 0) is 57.3 Å². The summed E-state index contributed by atoms with van der Waals surface area (Å²) in [5.41, 5.74) is 11.4. The van der Waals surface area contributed by atoms with Crippen molar-refractivity contribution < 1.29 is 0 Å². The van der Waals surface area contributed by atoms with Gasteiger partial charge in [0, 0.05) is 15.4 Å². The summed E-state index contributed by atoms with van der Waals surface area (Å²) in [6, 6.07) is 2.19. The van der Waals surface area contributed by atoms with Crippen molar-refractivity contribution in [3.8, 4) is 0 Å². The normalized spacial score (nSPS) is 13.2. The van der Waals surface area contributed by atoms with Crippen molar-refractivity contribution in [2.24, 2.45) is 11.5 Å². The van der Waals surface area contributed by atoms with Crippen molar-refractivity contribution in [3.63, 3.8) is 0 Å². The maximum Gasteiger partial charge on any atom is 0.0843 e. The van der Waals surface area contributed by atoms with E-state index >= 15 is 0 Å². The molecular formula is C8H12Br2N2S. The van der Waals surface area contributed by atoms with Crippen molar-refractivity contribution >= 4 is 43.2 Å². The Bertz CT molecular complexity index is 256. The zero-order valence-corrected chi connectivity index (χ0v) is 11.1. The first-order valence-electron chi connectivity index (χ1n) is 4.05. The van der Waals surface area contributed by atoms with E-state index in [1.165, 1.54) is 4.88 Å².